The van der Waals surface area contributed by atoms with Gasteiger partial charge in [-0.05, 0) is 24.6 Å². The second-order valence-electron chi connectivity index (χ2n) is 6.85. The normalized spacial score (nSPS) is 13.7. The van der Waals surface area contributed by atoms with Gasteiger partial charge in [-0.25, -0.2) is 8.42 Å². The monoisotopic (exact) mass is 386 g/mol. The summed E-state index contributed by atoms with van der Waals surface area (Å²) in [6.45, 7) is 12.6. The van der Waals surface area contributed by atoms with Crippen LogP contribution in [0.15, 0.2) is 29.2 Å². The molecule has 0 aliphatic rings. The van der Waals surface area contributed by atoms with Crippen LogP contribution in [0.3, 0.4) is 0 Å². The molecular formula is C18H30N2O3S2. The van der Waals surface area contributed by atoms with E-state index in [9.17, 15) is 13.2 Å². The van der Waals surface area contributed by atoms with Crippen LogP contribution in [0.2, 0.25) is 0 Å². The molecule has 5 nitrogen and oxygen atoms in total. The third-order valence-corrected chi connectivity index (χ3v) is 7.07. The number of carbonyl (C=O) groups excluding carboxylic acids is 1. The van der Waals surface area contributed by atoms with Crippen LogP contribution >= 0.6 is 11.8 Å². The van der Waals surface area contributed by atoms with E-state index < -0.39 is 10.0 Å². The van der Waals surface area contributed by atoms with Crippen LogP contribution < -0.4 is 5.32 Å². The summed E-state index contributed by atoms with van der Waals surface area (Å²) in [5, 5.41) is 2.95. The van der Waals surface area contributed by atoms with Gasteiger partial charge in [0, 0.05) is 17.8 Å². The summed E-state index contributed by atoms with van der Waals surface area (Å²) in [6.07, 6.45) is 0. The molecule has 0 radical (unpaired) electrons. The van der Waals surface area contributed by atoms with Gasteiger partial charge in [0.1, 0.15) is 0 Å². The molecule has 0 aliphatic heterocycles. The second-order valence-corrected chi connectivity index (χ2v) is 10.6. The van der Waals surface area contributed by atoms with E-state index in [1.54, 1.807) is 36.0 Å². The van der Waals surface area contributed by atoms with Crippen molar-refractivity contribution in [3.05, 3.63) is 29.8 Å². The molecule has 0 saturated carbocycles. The highest BCUT2D eigenvalue weighted by Gasteiger charge is 2.22. The lowest BCUT2D eigenvalue weighted by atomic mass is 10.1. The summed E-state index contributed by atoms with van der Waals surface area (Å²) >= 11 is 1.60. The Morgan fingerprint density at radius 3 is 2.12 bits per heavy atom. The van der Waals surface area contributed by atoms with E-state index >= 15 is 0 Å². The minimum atomic E-state index is -3.45. The summed E-state index contributed by atoms with van der Waals surface area (Å²) in [4.78, 5) is 12.3. The number of amides is 1. The number of hydrogen-bond donors (Lipinski definition) is 1. The first-order chi connectivity index (χ1) is 11.5. The predicted molar refractivity (Wildman–Crippen MR) is 105 cm³/mol. The Balaban J connectivity index is 2.77. The average molecular weight is 387 g/mol. The topological polar surface area (TPSA) is 66.5 Å². The van der Waals surface area contributed by atoms with Gasteiger partial charge in [0.15, 0.2) is 0 Å². The number of thioether (sulfide) groups is 1. The molecule has 1 atom stereocenters. The number of rotatable bonds is 8. The number of benzene rings is 1. The SMILES string of the molecule is CCN(CC)S(=O)(=O)c1ccc(C(C)NC(=O)CSC(C)(C)C)cc1. The van der Waals surface area contributed by atoms with Gasteiger partial charge in [0.25, 0.3) is 0 Å². The highest BCUT2D eigenvalue weighted by molar-refractivity contribution is 8.01. The van der Waals surface area contributed by atoms with E-state index in [1.807, 2.05) is 20.8 Å². The summed E-state index contributed by atoms with van der Waals surface area (Å²) in [6, 6.07) is 6.57. The zero-order valence-corrected chi connectivity index (χ0v) is 17.6. The fourth-order valence-corrected chi connectivity index (χ4v) is 4.40. The van der Waals surface area contributed by atoms with Gasteiger partial charge in [-0.3, -0.25) is 4.79 Å². The Bertz CT molecular complexity index is 661. The Kier molecular flexibility index (Phi) is 7.96. The van der Waals surface area contributed by atoms with Crippen LogP contribution in [0.1, 0.15) is 53.1 Å². The molecule has 1 N–H and O–H groups in total. The zero-order chi connectivity index (χ0) is 19.3. The minimum absolute atomic E-state index is 0.0211. The zero-order valence-electron chi connectivity index (χ0n) is 16.0. The molecule has 142 valence electrons. The van der Waals surface area contributed by atoms with Crippen LogP contribution in [0, 0.1) is 0 Å². The quantitative estimate of drug-likeness (QED) is 0.743. The van der Waals surface area contributed by atoms with Gasteiger partial charge in [-0.2, -0.15) is 4.31 Å². The number of sulfonamides is 1. The molecule has 0 aromatic heterocycles. The highest BCUT2D eigenvalue weighted by atomic mass is 32.2. The maximum atomic E-state index is 12.5. The summed E-state index contributed by atoms with van der Waals surface area (Å²) in [5.74, 6) is 0.384. The number of nitrogens with zero attached hydrogens (tertiary/aromatic N) is 1. The molecule has 1 unspecified atom stereocenters. The average Bonchev–Trinajstić information content (AvgIpc) is 2.53. The fraction of sp³-hybridized carbons (Fsp3) is 0.611. The first-order valence-corrected chi connectivity index (χ1v) is 11.0. The van der Waals surface area contributed by atoms with Gasteiger partial charge >= 0.3 is 0 Å². The second kappa shape index (κ2) is 9.05. The van der Waals surface area contributed by atoms with Gasteiger partial charge in [0.2, 0.25) is 15.9 Å². The number of nitrogens with one attached hydrogen (secondary N) is 1. The maximum Gasteiger partial charge on any atom is 0.243 e. The van der Waals surface area contributed by atoms with Crippen molar-refractivity contribution in [1.82, 2.24) is 9.62 Å². The summed E-state index contributed by atoms with van der Waals surface area (Å²) in [7, 11) is -3.45. The number of carbonyl (C=O) groups is 1. The van der Waals surface area contributed by atoms with Crippen molar-refractivity contribution in [2.24, 2.45) is 0 Å². The van der Waals surface area contributed by atoms with Crippen LogP contribution in [-0.4, -0.2) is 42.2 Å². The lowest BCUT2D eigenvalue weighted by molar-refractivity contribution is -0.119. The summed E-state index contributed by atoms with van der Waals surface area (Å²) in [5.41, 5.74) is 0.882. The molecule has 0 saturated heterocycles. The van der Waals surface area contributed by atoms with E-state index in [-0.39, 0.29) is 21.6 Å². The fourth-order valence-electron chi connectivity index (χ4n) is 2.29. The van der Waals surface area contributed by atoms with Crippen molar-refractivity contribution in [3.8, 4) is 0 Å². The lowest BCUT2D eigenvalue weighted by Crippen LogP contribution is -2.31. The van der Waals surface area contributed by atoms with Gasteiger partial charge in [0.05, 0.1) is 16.7 Å². The van der Waals surface area contributed by atoms with Crippen molar-refractivity contribution in [3.63, 3.8) is 0 Å². The molecule has 0 fully saturated rings. The molecular weight excluding hydrogens is 356 g/mol. The van der Waals surface area contributed by atoms with Gasteiger partial charge in [-0.15, -0.1) is 11.8 Å². The largest absolute Gasteiger partial charge is 0.349 e. The van der Waals surface area contributed by atoms with Gasteiger partial charge in [-0.1, -0.05) is 46.8 Å². The first kappa shape index (κ1) is 22.0. The van der Waals surface area contributed by atoms with E-state index in [0.29, 0.717) is 18.8 Å². The Labute approximate surface area is 156 Å². The Morgan fingerprint density at radius 1 is 1.16 bits per heavy atom. The molecule has 25 heavy (non-hydrogen) atoms. The molecule has 7 heteroatoms. The molecule has 1 amide bonds. The van der Waals surface area contributed by atoms with Crippen molar-refractivity contribution in [1.29, 1.82) is 0 Å². The van der Waals surface area contributed by atoms with Crippen molar-refractivity contribution in [2.45, 2.75) is 57.2 Å². The first-order valence-electron chi connectivity index (χ1n) is 8.54. The molecule has 0 heterocycles. The number of hydrogen-bond acceptors (Lipinski definition) is 4. The van der Waals surface area contributed by atoms with E-state index in [0.717, 1.165) is 5.56 Å². The van der Waals surface area contributed by atoms with Crippen LogP contribution in [0.4, 0.5) is 0 Å². The third kappa shape index (κ3) is 6.64. The van der Waals surface area contributed by atoms with E-state index in [2.05, 4.69) is 26.1 Å². The van der Waals surface area contributed by atoms with E-state index in [1.165, 1.54) is 4.31 Å². The standard InChI is InChI=1S/C18H30N2O3S2/c1-7-20(8-2)25(22,23)16-11-9-15(10-12-16)14(3)19-17(21)13-24-18(4,5)6/h9-12,14H,7-8,13H2,1-6H3,(H,19,21). The minimum Gasteiger partial charge on any atom is -0.349 e. The smallest absolute Gasteiger partial charge is 0.243 e. The molecule has 0 spiro atoms. The van der Waals surface area contributed by atoms with E-state index in [4.69, 9.17) is 0 Å². The molecule has 1 rings (SSSR count). The molecule has 1 aromatic rings. The van der Waals surface area contributed by atoms with Crippen LogP contribution in [-0.2, 0) is 14.8 Å². The molecule has 1 aromatic carbocycles. The summed E-state index contributed by atoms with van der Waals surface area (Å²) < 4.78 is 26.4. The lowest BCUT2D eigenvalue weighted by Gasteiger charge is -2.20. The van der Waals surface area contributed by atoms with Crippen LogP contribution in [0.25, 0.3) is 0 Å². The highest BCUT2D eigenvalue weighted by Crippen LogP contribution is 2.23. The maximum absolute atomic E-state index is 12.5. The van der Waals surface area contributed by atoms with Crippen molar-refractivity contribution >= 4 is 27.7 Å². The molecule has 0 aliphatic carbocycles. The Morgan fingerprint density at radius 2 is 1.68 bits per heavy atom. The third-order valence-electron chi connectivity index (χ3n) is 3.74. The van der Waals surface area contributed by atoms with Crippen molar-refractivity contribution in [2.75, 3.05) is 18.8 Å². The van der Waals surface area contributed by atoms with Crippen LogP contribution in [0.5, 0.6) is 0 Å². The Hall–Kier alpha value is -1.05. The molecule has 0 bridgehead atoms. The predicted octanol–water partition coefficient (Wildman–Crippen LogP) is 3.43. The van der Waals surface area contributed by atoms with Gasteiger partial charge < -0.3 is 5.32 Å². The van der Waals surface area contributed by atoms with Crippen molar-refractivity contribution < 1.29 is 13.2 Å².